The van der Waals surface area contributed by atoms with Crippen molar-refractivity contribution in [3.05, 3.63) is 82.7 Å². The third-order valence-electron chi connectivity index (χ3n) is 9.58. The van der Waals surface area contributed by atoms with E-state index in [0.717, 1.165) is 68.3 Å². The molecule has 3 aromatic rings. The van der Waals surface area contributed by atoms with E-state index in [1.807, 2.05) is 56.3 Å². The van der Waals surface area contributed by atoms with Gasteiger partial charge >= 0.3 is 12.1 Å². The maximum atomic E-state index is 12.8. The molecule has 2 bridgehead atoms. The lowest BCUT2D eigenvalue weighted by atomic mass is 9.51. The molecule has 1 aromatic heterocycles. The molecule has 1 heterocycles. The van der Waals surface area contributed by atoms with Gasteiger partial charge in [0, 0.05) is 5.41 Å². The number of hydrogen-bond donors (Lipinski definition) is 2. The average Bonchev–Trinajstić information content (AvgIpc) is 3.69. The number of aliphatic carboxylic acids is 1. The Hall–Kier alpha value is -3.61. The number of ether oxygens (including phenoxy) is 1. The van der Waals surface area contributed by atoms with Gasteiger partial charge in [-0.2, -0.15) is 0 Å². The molecule has 1 atom stereocenters. The van der Waals surface area contributed by atoms with Crippen LogP contribution in [0, 0.1) is 6.92 Å². The minimum absolute atomic E-state index is 0.104. The smallest absolute Gasteiger partial charge is 0.412 e. The number of carboxylic acid groups (broad SMARTS) is 1. The van der Waals surface area contributed by atoms with Crippen LogP contribution in [-0.2, 0) is 25.8 Å². The first-order chi connectivity index (χ1) is 18.3. The molecule has 2 N–H and O–H groups in total. The molecule has 1 amide bonds. The Labute approximate surface area is 222 Å². The second-order valence-electron chi connectivity index (χ2n) is 11.6. The van der Waals surface area contributed by atoms with Crippen molar-refractivity contribution in [1.82, 2.24) is 5.16 Å². The number of benzene rings is 2. The number of carbonyl (C=O) groups is 2. The molecule has 7 nitrogen and oxygen atoms in total. The van der Waals surface area contributed by atoms with Gasteiger partial charge in [-0.25, -0.2) is 4.79 Å². The quantitative estimate of drug-likeness (QED) is 0.354. The fourth-order valence-electron chi connectivity index (χ4n) is 6.82. The molecular formula is C31H34N2O5. The third kappa shape index (κ3) is 3.99. The molecule has 4 saturated carbocycles. The van der Waals surface area contributed by atoms with Crippen LogP contribution in [-0.4, -0.2) is 22.3 Å². The van der Waals surface area contributed by atoms with Gasteiger partial charge in [-0.1, -0.05) is 59.8 Å². The second-order valence-corrected chi connectivity index (χ2v) is 11.6. The highest BCUT2D eigenvalue weighted by atomic mass is 16.6. The lowest BCUT2D eigenvalue weighted by Crippen LogP contribution is -2.46. The van der Waals surface area contributed by atoms with Crippen molar-refractivity contribution in [3.63, 3.8) is 0 Å². The first-order valence-electron chi connectivity index (χ1n) is 13.6. The number of nitrogens with one attached hydrogen (secondary N) is 1. The summed E-state index contributed by atoms with van der Waals surface area (Å²) in [6.07, 6.45) is 6.47. The number of carbonyl (C=O) groups excluding carboxylic acids is 1. The van der Waals surface area contributed by atoms with Crippen LogP contribution < -0.4 is 5.32 Å². The molecule has 0 aliphatic heterocycles. The standard InChI is InChI=1S/C31H34N2O5/c1-20-25(32-28(36)37-21(2)22-6-4-3-5-7-22)26(38-33-20)30-15-12-29(13-16-30,14-17-30)23-8-10-24(11-9-23)31(18-19-31)27(34)35/h3-11,21H,12-19H2,1-2H3,(H,32,36)(H,34,35). The molecule has 2 aromatic carbocycles. The number of fused-ring (bicyclic) bond motifs is 3. The van der Waals surface area contributed by atoms with Gasteiger partial charge in [0.25, 0.3) is 0 Å². The predicted octanol–water partition coefficient (Wildman–Crippen LogP) is 6.95. The monoisotopic (exact) mass is 514 g/mol. The number of amides is 1. The number of nitrogens with zero attached hydrogens (tertiary/aromatic N) is 1. The highest BCUT2D eigenvalue weighted by Gasteiger charge is 2.54. The topological polar surface area (TPSA) is 102 Å². The normalized spacial score (nSPS) is 25.9. The molecule has 0 radical (unpaired) electrons. The van der Waals surface area contributed by atoms with Gasteiger partial charge in [0.05, 0.1) is 5.41 Å². The fraction of sp³-hybridized carbons (Fsp3) is 0.452. The minimum atomic E-state index is -0.714. The summed E-state index contributed by atoms with van der Waals surface area (Å²) < 4.78 is 11.5. The summed E-state index contributed by atoms with van der Waals surface area (Å²) in [6.45, 7) is 3.71. The van der Waals surface area contributed by atoms with Crippen LogP contribution in [0.5, 0.6) is 0 Å². The molecule has 1 unspecified atom stereocenters. The van der Waals surface area contributed by atoms with E-state index in [2.05, 4.69) is 22.6 Å². The van der Waals surface area contributed by atoms with Crippen LogP contribution in [0.2, 0.25) is 0 Å². The van der Waals surface area contributed by atoms with Crippen molar-refractivity contribution in [2.24, 2.45) is 0 Å². The highest BCUT2D eigenvalue weighted by Crippen LogP contribution is 2.60. The van der Waals surface area contributed by atoms with Gasteiger partial charge in [0.15, 0.2) is 5.76 Å². The summed E-state index contributed by atoms with van der Waals surface area (Å²) >= 11 is 0. The molecule has 0 saturated heterocycles. The Kier molecular flexibility index (Phi) is 5.85. The number of hydrogen-bond acceptors (Lipinski definition) is 5. The number of aryl methyl sites for hydroxylation is 1. The Balaban J connectivity index is 1.16. The van der Waals surface area contributed by atoms with Crippen LogP contribution in [0.15, 0.2) is 59.1 Å². The maximum Gasteiger partial charge on any atom is 0.412 e. The maximum absolute atomic E-state index is 12.8. The van der Waals surface area contributed by atoms with E-state index in [1.165, 1.54) is 5.56 Å². The number of anilines is 1. The molecule has 4 aliphatic rings. The van der Waals surface area contributed by atoms with Crippen LogP contribution in [0.4, 0.5) is 10.5 Å². The van der Waals surface area contributed by atoms with E-state index in [1.54, 1.807) is 0 Å². The zero-order valence-electron chi connectivity index (χ0n) is 22.0. The van der Waals surface area contributed by atoms with Gasteiger partial charge in [-0.15, -0.1) is 0 Å². The number of aromatic nitrogens is 1. The van der Waals surface area contributed by atoms with Crippen LogP contribution >= 0.6 is 0 Å². The van der Waals surface area contributed by atoms with Crippen molar-refractivity contribution in [1.29, 1.82) is 0 Å². The van der Waals surface area contributed by atoms with Crippen LogP contribution in [0.1, 0.15) is 92.5 Å². The summed E-state index contributed by atoms with van der Waals surface area (Å²) in [4.78, 5) is 24.6. The Morgan fingerprint density at radius 2 is 1.47 bits per heavy atom. The van der Waals surface area contributed by atoms with Crippen molar-refractivity contribution in [2.75, 3.05) is 5.32 Å². The van der Waals surface area contributed by atoms with Crippen LogP contribution in [0.25, 0.3) is 0 Å². The molecule has 4 fully saturated rings. The largest absolute Gasteiger partial charge is 0.481 e. The second kappa shape index (κ2) is 9.00. The molecule has 4 aliphatic carbocycles. The van der Waals surface area contributed by atoms with Gasteiger partial charge in [0.2, 0.25) is 0 Å². The van der Waals surface area contributed by atoms with Crippen LogP contribution in [0.3, 0.4) is 0 Å². The van der Waals surface area contributed by atoms with E-state index in [9.17, 15) is 14.7 Å². The van der Waals surface area contributed by atoms with E-state index in [0.29, 0.717) is 11.4 Å². The molecule has 0 spiro atoms. The fourth-order valence-corrected chi connectivity index (χ4v) is 6.82. The van der Waals surface area contributed by atoms with E-state index >= 15 is 0 Å². The lowest BCUT2D eigenvalue weighted by Gasteiger charge is -2.53. The minimum Gasteiger partial charge on any atom is -0.481 e. The predicted molar refractivity (Wildman–Crippen MR) is 142 cm³/mol. The Morgan fingerprint density at radius 1 is 0.895 bits per heavy atom. The summed E-state index contributed by atoms with van der Waals surface area (Å²) in [5, 5.41) is 16.8. The number of carboxylic acids is 1. The Morgan fingerprint density at radius 3 is 2.05 bits per heavy atom. The highest BCUT2D eigenvalue weighted by molar-refractivity contribution is 5.86. The summed E-state index contributed by atoms with van der Waals surface area (Å²) in [7, 11) is 0. The van der Waals surface area contributed by atoms with Crippen molar-refractivity contribution >= 4 is 17.7 Å². The third-order valence-corrected chi connectivity index (χ3v) is 9.58. The average molecular weight is 515 g/mol. The number of rotatable bonds is 7. The van der Waals surface area contributed by atoms with E-state index < -0.39 is 17.5 Å². The van der Waals surface area contributed by atoms with Gasteiger partial charge in [-0.3, -0.25) is 10.1 Å². The molecule has 7 heteroatoms. The zero-order valence-corrected chi connectivity index (χ0v) is 22.0. The first kappa shape index (κ1) is 24.7. The van der Waals surface area contributed by atoms with Crippen molar-refractivity contribution in [3.8, 4) is 0 Å². The molecular weight excluding hydrogens is 480 g/mol. The van der Waals surface area contributed by atoms with Gasteiger partial charge < -0.3 is 14.4 Å². The Bertz CT molecular complexity index is 1330. The summed E-state index contributed by atoms with van der Waals surface area (Å²) in [5.74, 6) is 0.0498. The SMILES string of the molecule is Cc1noc(C23CCC(c4ccc(C5(C(=O)O)CC5)cc4)(CC2)CC3)c1NC(=O)OC(C)c1ccccc1. The van der Waals surface area contributed by atoms with Gasteiger partial charge in [-0.05, 0) is 87.3 Å². The summed E-state index contributed by atoms with van der Waals surface area (Å²) in [6, 6.07) is 18.0. The van der Waals surface area contributed by atoms with E-state index in [-0.39, 0.29) is 16.9 Å². The molecule has 7 rings (SSSR count). The lowest BCUT2D eigenvalue weighted by molar-refractivity contribution is -0.140. The molecule has 198 valence electrons. The van der Waals surface area contributed by atoms with Crippen molar-refractivity contribution < 1.29 is 24.0 Å². The zero-order chi connectivity index (χ0) is 26.5. The first-order valence-corrected chi connectivity index (χ1v) is 13.6. The van der Waals surface area contributed by atoms with Crippen molar-refractivity contribution in [2.45, 2.75) is 87.6 Å². The van der Waals surface area contributed by atoms with Gasteiger partial charge in [0.1, 0.15) is 17.5 Å². The summed E-state index contributed by atoms with van der Waals surface area (Å²) in [5.41, 5.74) is 3.74. The van der Waals surface area contributed by atoms with E-state index in [4.69, 9.17) is 9.26 Å². The molecule has 38 heavy (non-hydrogen) atoms.